The van der Waals surface area contributed by atoms with Crippen LogP contribution in [0.1, 0.15) is 24.0 Å². The molecule has 1 aliphatic carbocycles. The number of nitrogens with zero attached hydrogens (tertiary/aromatic N) is 7. The summed E-state index contributed by atoms with van der Waals surface area (Å²) in [4.78, 5) is 26.3. The van der Waals surface area contributed by atoms with Gasteiger partial charge >= 0.3 is 0 Å². The average molecular weight is 493 g/mol. The summed E-state index contributed by atoms with van der Waals surface area (Å²) < 4.78 is 7.70. The van der Waals surface area contributed by atoms with Crippen LogP contribution in [0.2, 0.25) is 0 Å². The number of carbonyl (C=O) groups is 1. The molecule has 0 saturated heterocycles. The SMILES string of the molecule is Cc1cc(Nc2ncnc3ccc(/C=C/CN(C=O)C4CC4)cc23)ccc1Oc1cc2nncn2cn1. The van der Waals surface area contributed by atoms with Crippen LogP contribution in [0, 0.1) is 6.92 Å². The first-order valence-electron chi connectivity index (χ1n) is 12.0. The number of hydrogen-bond donors (Lipinski definition) is 1. The molecule has 5 aromatic rings. The Balaban J connectivity index is 1.20. The monoisotopic (exact) mass is 492 g/mol. The van der Waals surface area contributed by atoms with Crippen LogP contribution in [0.4, 0.5) is 11.5 Å². The van der Waals surface area contributed by atoms with Crippen molar-refractivity contribution in [2.24, 2.45) is 0 Å². The lowest BCUT2D eigenvalue weighted by atomic mass is 10.1. The number of nitrogens with one attached hydrogen (secondary N) is 1. The van der Waals surface area contributed by atoms with Gasteiger partial charge in [0.05, 0.1) is 5.52 Å². The van der Waals surface area contributed by atoms with Gasteiger partial charge in [0.2, 0.25) is 12.3 Å². The number of ether oxygens (including phenoxy) is 1. The smallest absolute Gasteiger partial charge is 0.224 e. The van der Waals surface area contributed by atoms with E-state index in [1.54, 1.807) is 29.4 Å². The Morgan fingerprint density at radius 2 is 2.03 bits per heavy atom. The van der Waals surface area contributed by atoms with Gasteiger partial charge in [-0.25, -0.2) is 15.0 Å². The summed E-state index contributed by atoms with van der Waals surface area (Å²) in [6.45, 7) is 2.58. The molecular weight excluding hydrogens is 468 g/mol. The zero-order valence-corrected chi connectivity index (χ0v) is 20.2. The van der Waals surface area contributed by atoms with E-state index in [1.807, 2.05) is 60.4 Å². The quantitative estimate of drug-likeness (QED) is 0.299. The van der Waals surface area contributed by atoms with Crippen LogP contribution in [0.15, 0.2) is 67.5 Å². The van der Waals surface area contributed by atoms with Gasteiger partial charge in [0, 0.05) is 29.7 Å². The summed E-state index contributed by atoms with van der Waals surface area (Å²) in [6.07, 6.45) is 11.9. The Morgan fingerprint density at radius 3 is 2.86 bits per heavy atom. The van der Waals surface area contributed by atoms with Gasteiger partial charge in [-0.3, -0.25) is 9.20 Å². The number of fused-ring (bicyclic) bond motifs is 2. The molecule has 0 aliphatic heterocycles. The molecule has 0 bridgehead atoms. The zero-order chi connectivity index (χ0) is 25.2. The molecular formula is C27H24N8O2. The van der Waals surface area contributed by atoms with Crippen LogP contribution < -0.4 is 10.1 Å². The molecule has 1 amide bonds. The van der Waals surface area contributed by atoms with Crippen molar-refractivity contribution in [3.05, 3.63) is 78.6 Å². The maximum Gasteiger partial charge on any atom is 0.224 e. The number of anilines is 2. The van der Waals surface area contributed by atoms with Gasteiger partial charge in [0.15, 0.2) is 5.65 Å². The van der Waals surface area contributed by atoms with Crippen LogP contribution >= 0.6 is 0 Å². The van der Waals surface area contributed by atoms with E-state index in [4.69, 9.17) is 4.74 Å². The highest BCUT2D eigenvalue weighted by Gasteiger charge is 2.26. The number of benzene rings is 2. The van der Waals surface area contributed by atoms with E-state index in [1.165, 1.54) is 0 Å². The van der Waals surface area contributed by atoms with Gasteiger partial charge < -0.3 is 15.0 Å². The molecule has 3 aromatic heterocycles. The second-order valence-electron chi connectivity index (χ2n) is 8.97. The zero-order valence-electron chi connectivity index (χ0n) is 20.2. The summed E-state index contributed by atoms with van der Waals surface area (Å²) >= 11 is 0. The van der Waals surface area contributed by atoms with E-state index in [2.05, 4.69) is 30.5 Å². The standard InChI is InChI=1S/C27H24N8O2/c1-18-11-20(5-9-24(18)37-26-13-25-33-31-16-35(25)15-30-26)32-27-22-12-19(4-8-23(22)28-14-29-27)3-2-10-34(17-36)21-6-7-21/h2-5,8-9,11-17,21H,6-7,10H2,1H3,(H,28,29,32)/b3-2+. The molecule has 184 valence electrons. The normalized spacial score (nSPS) is 13.3. The fourth-order valence-electron chi connectivity index (χ4n) is 4.13. The molecule has 6 rings (SSSR count). The molecule has 0 spiro atoms. The molecule has 0 atom stereocenters. The summed E-state index contributed by atoms with van der Waals surface area (Å²) in [7, 11) is 0. The van der Waals surface area contributed by atoms with E-state index < -0.39 is 0 Å². The van der Waals surface area contributed by atoms with Gasteiger partial charge in [0.1, 0.15) is 30.5 Å². The van der Waals surface area contributed by atoms with Crippen LogP contribution in [0.3, 0.4) is 0 Å². The number of hydrogen-bond acceptors (Lipinski definition) is 8. The Kier molecular flexibility index (Phi) is 5.89. The number of aromatic nitrogens is 6. The minimum Gasteiger partial charge on any atom is -0.439 e. The molecule has 0 unspecified atom stereocenters. The lowest BCUT2D eigenvalue weighted by molar-refractivity contribution is -0.118. The number of aryl methyl sites for hydroxylation is 1. The summed E-state index contributed by atoms with van der Waals surface area (Å²) in [5, 5.41) is 12.2. The molecule has 1 fully saturated rings. The Morgan fingerprint density at radius 1 is 1.11 bits per heavy atom. The van der Waals surface area contributed by atoms with Gasteiger partial charge in [-0.15, -0.1) is 10.2 Å². The van der Waals surface area contributed by atoms with Crippen molar-refractivity contribution >= 4 is 40.5 Å². The number of amides is 1. The highest BCUT2D eigenvalue weighted by atomic mass is 16.5. The van der Waals surface area contributed by atoms with Crippen molar-refractivity contribution in [3.8, 4) is 11.6 Å². The van der Waals surface area contributed by atoms with Crippen LogP contribution in [0.25, 0.3) is 22.6 Å². The van der Waals surface area contributed by atoms with Gasteiger partial charge in [-0.1, -0.05) is 18.2 Å². The molecule has 10 nitrogen and oxygen atoms in total. The summed E-state index contributed by atoms with van der Waals surface area (Å²) in [5.74, 6) is 1.84. The van der Waals surface area contributed by atoms with Crippen LogP contribution in [-0.4, -0.2) is 53.4 Å². The maximum absolute atomic E-state index is 11.2. The summed E-state index contributed by atoms with van der Waals surface area (Å²) in [6, 6.07) is 14.0. The topological polar surface area (TPSA) is 110 Å². The first kappa shape index (κ1) is 22.6. The predicted molar refractivity (Wildman–Crippen MR) is 140 cm³/mol. The minimum absolute atomic E-state index is 0.400. The fraction of sp³-hybridized carbons (Fsp3) is 0.185. The number of rotatable bonds is 9. The largest absolute Gasteiger partial charge is 0.439 e. The van der Waals surface area contributed by atoms with E-state index in [9.17, 15) is 4.79 Å². The van der Waals surface area contributed by atoms with E-state index in [0.717, 1.165) is 47.0 Å². The predicted octanol–water partition coefficient (Wildman–Crippen LogP) is 4.55. The van der Waals surface area contributed by atoms with Gasteiger partial charge in [0.25, 0.3) is 0 Å². The van der Waals surface area contributed by atoms with Crippen molar-refractivity contribution < 1.29 is 9.53 Å². The third kappa shape index (κ3) is 4.94. The molecule has 10 heteroatoms. The highest BCUT2D eigenvalue weighted by molar-refractivity contribution is 5.92. The molecule has 2 aromatic carbocycles. The first-order valence-corrected chi connectivity index (χ1v) is 12.0. The van der Waals surface area contributed by atoms with Gasteiger partial charge in [-0.05, 0) is 61.2 Å². The molecule has 3 heterocycles. The molecule has 1 aliphatic rings. The molecule has 37 heavy (non-hydrogen) atoms. The average Bonchev–Trinajstić information content (AvgIpc) is 3.65. The van der Waals surface area contributed by atoms with Crippen molar-refractivity contribution in [3.63, 3.8) is 0 Å². The fourth-order valence-corrected chi connectivity index (χ4v) is 4.13. The van der Waals surface area contributed by atoms with Crippen molar-refractivity contribution in [1.29, 1.82) is 0 Å². The third-order valence-corrected chi connectivity index (χ3v) is 6.25. The molecule has 0 radical (unpaired) electrons. The van der Waals surface area contributed by atoms with Crippen molar-refractivity contribution in [2.45, 2.75) is 25.8 Å². The summed E-state index contributed by atoms with van der Waals surface area (Å²) in [5.41, 5.74) is 4.33. The second kappa shape index (κ2) is 9.65. The maximum atomic E-state index is 11.2. The van der Waals surface area contributed by atoms with E-state index in [-0.39, 0.29) is 0 Å². The Bertz CT molecular complexity index is 1630. The van der Waals surface area contributed by atoms with Gasteiger partial charge in [-0.2, -0.15) is 0 Å². The second-order valence-corrected chi connectivity index (χ2v) is 8.97. The van der Waals surface area contributed by atoms with Crippen LogP contribution in [0.5, 0.6) is 11.6 Å². The van der Waals surface area contributed by atoms with Crippen LogP contribution in [-0.2, 0) is 4.79 Å². The van der Waals surface area contributed by atoms with Crippen molar-refractivity contribution in [2.75, 3.05) is 11.9 Å². The van der Waals surface area contributed by atoms with E-state index in [0.29, 0.717) is 35.7 Å². The lowest BCUT2D eigenvalue weighted by Crippen LogP contribution is -2.23. The molecule has 1 saturated carbocycles. The molecule has 1 N–H and O–H groups in total. The highest BCUT2D eigenvalue weighted by Crippen LogP contribution is 2.30. The lowest BCUT2D eigenvalue weighted by Gasteiger charge is -2.13. The Hall–Kier alpha value is -4.86. The minimum atomic E-state index is 0.400. The number of carbonyl (C=O) groups excluding carboxylic acids is 1. The third-order valence-electron chi connectivity index (χ3n) is 6.25. The Labute approximate surface area is 212 Å². The first-order chi connectivity index (χ1) is 18.2. The van der Waals surface area contributed by atoms with Crippen molar-refractivity contribution in [1.82, 2.24) is 34.4 Å². The van der Waals surface area contributed by atoms with E-state index >= 15 is 0 Å².